The second-order valence-electron chi connectivity index (χ2n) is 12.4. The van der Waals surface area contributed by atoms with E-state index < -0.39 is 58.6 Å². The molecule has 0 radical (unpaired) electrons. The van der Waals surface area contributed by atoms with E-state index in [1.54, 1.807) is 24.3 Å². The van der Waals surface area contributed by atoms with Crippen LogP contribution in [0.25, 0.3) is 0 Å². The molecule has 3 amide bonds. The maximum Gasteiger partial charge on any atom is 0.274 e. The van der Waals surface area contributed by atoms with Crippen molar-refractivity contribution in [3.63, 3.8) is 0 Å². The van der Waals surface area contributed by atoms with Crippen molar-refractivity contribution in [2.45, 2.75) is 11.8 Å². The van der Waals surface area contributed by atoms with Gasteiger partial charge in [-0.2, -0.15) is 5.01 Å². The summed E-state index contributed by atoms with van der Waals surface area (Å²) < 4.78 is 5.77. The number of non-ortho nitro benzene ring substituents is 1. The molecule has 50 heavy (non-hydrogen) atoms. The Balaban J connectivity index is 1.12. The van der Waals surface area contributed by atoms with Crippen molar-refractivity contribution in [2.75, 3.05) is 6.54 Å². The molecule has 0 aromatic heterocycles. The van der Waals surface area contributed by atoms with Gasteiger partial charge in [-0.05, 0) is 70.8 Å². The first-order chi connectivity index (χ1) is 24.2. The third-order valence-corrected chi connectivity index (χ3v) is 10.1. The molecule has 5 aromatic carbocycles. The first-order valence-electron chi connectivity index (χ1n) is 15.9. The van der Waals surface area contributed by atoms with Crippen molar-refractivity contribution in [3.8, 4) is 11.5 Å². The molecule has 2 bridgehead atoms. The summed E-state index contributed by atoms with van der Waals surface area (Å²) in [6.07, 6.45) is 0. The molecule has 10 nitrogen and oxygen atoms in total. The summed E-state index contributed by atoms with van der Waals surface area (Å²) in [7, 11) is 0. The average molecular weight is 684 g/mol. The van der Waals surface area contributed by atoms with E-state index in [2.05, 4.69) is 0 Å². The topological polar surface area (TPSA) is 127 Å². The smallest absolute Gasteiger partial charge is 0.274 e. The Morgan fingerprint density at radius 1 is 0.700 bits per heavy atom. The quantitative estimate of drug-likeness (QED) is 0.0734. The van der Waals surface area contributed by atoms with Gasteiger partial charge in [0.1, 0.15) is 18.0 Å². The van der Waals surface area contributed by atoms with E-state index in [0.717, 1.165) is 32.3 Å². The van der Waals surface area contributed by atoms with E-state index in [1.165, 1.54) is 48.5 Å². The van der Waals surface area contributed by atoms with Crippen LogP contribution >= 0.6 is 11.6 Å². The lowest BCUT2D eigenvalue weighted by atomic mass is 9.55. The highest BCUT2D eigenvalue weighted by atomic mass is 35.5. The average Bonchev–Trinajstić information content (AvgIpc) is 3.40. The maximum absolute atomic E-state index is 14.5. The number of nitro benzene ring substituents is 1. The van der Waals surface area contributed by atoms with E-state index in [9.17, 15) is 29.3 Å². The largest absolute Gasteiger partial charge is 0.457 e. The number of ether oxygens (including phenoxy) is 1. The van der Waals surface area contributed by atoms with Crippen LogP contribution in [0.2, 0.25) is 5.02 Å². The number of carbonyl (C=O) groups is 4. The van der Waals surface area contributed by atoms with Crippen LogP contribution in [-0.2, 0) is 9.59 Å². The molecule has 11 heteroatoms. The van der Waals surface area contributed by atoms with E-state index in [4.69, 9.17) is 16.3 Å². The van der Waals surface area contributed by atoms with Gasteiger partial charge < -0.3 is 4.74 Å². The zero-order valence-electron chi connectivity index (χ0n) is 26.1. The van der Waals surface area contributed by atoms with Crippen LogP contribution in [0.5, 0.6) is 11.5 Å². The maximum atomic E-state index is 14.5. The lowest BCUT2D eigenvalue weighted by Gasteiger charge is -2.45. The molecule has 1 aliphatic heterocycles. The fourth-order valence-electron chi connectivity index (χ4n) is 7.61. The number of carbonyl (C=O) groups excluding carboxylic acids is 4. The number of hydrazine groups is 1. The Morgan fingerprint density at radius 3 is 1.64 bits per heavy atom. The molecule has 5 aromatic rings. The molecule has 246 valence electrons. The van der Waals surface area contributed by atoms with E-state index >= 15 is 0 Å². The van der Waals surface area contributed by atoms with Gasteiger partial charge in [0.05, 0.1) is 27.3 Å². The minimum absolute atomic E-state index is 0.0406. The molecule has 1 saturated heterocycles. The predicted octanol–water partition coefficient (Wildman–Crippen LogP) is 7.17. The Bertz CT molecular complexity index is 2120. The molecule has 9 rings (SSSR count). The number of amides is 3. The highest BCUT2D eigenvalue weighted by Crippen LogP contribution is 2.61. The molecule has 0 unspecified atom stereocenters. The molecule has 2 atom stereocenters. The normalized spacial score (nSPS) is 19.7. The van der Waals surface area contributed by atoms with Crippen LogP contribution in [0, 0.1) is 22.0 Å². The first kappa shape index (κ1) is 31.2. The van der Waals surface area contributed by atoms with Gasteiger partial charge in [0.2, 0.25) is 0 Å². The SMILES string of the molecule is O=C(CN(C(=O)c1ccccc1Cl)N1C(=O)[C@@H]2C3c4ccccc4C(c4ccccc43)[C@@H]2C1=O)c1ccc(Oc2ccc([N+](=O)[O-])cc2)cc1. The van der Waals surface area contributed by atoms with Crippen molar-refractivity contribution < 1.29 is 28.8 Å². The zero-order chi connectivity index (χ0) is 34.7. The zero-order valence-corrected chi connectivity index (χ0v) is 26.9. The van der Waals surface area contributed by atoms with Crippen LogP contribution in [0.1, 0.15) is 54.8 Å². The Morgan fingerprint density at radius 2 is 1.16 bits per heavy atom. The van der Waals surface area contributed by atoms with Gasteiger partial charge >= 0.3 is 0 Å². The second kappa shape index (κ2) is 12.1. The van der Waals surface area contributed by atoms with Gasteiger partial charge in [0, 0.05) is 29.5 Å². The Labute approximate surface area is 290 Å². The molecule has 0 N–H and O–H groups in total. The molecule has 1 heterocycles. The fraction of sp³-hybridized carbons (Fsp3) is 0.128. The molecule has 3 aliphatic carbocycles. The number of ketones is 1. The Kier molecular flexibility index (Phi) is 7.53. The first-order valence-corrected chi connectivity index (χ1v) is 16.3. The van der Waals surface area contributed by atoms with Gasteiger partial charge in [0.15, 0.2) is 5.78 Å². The van der Waals surface area contributed by atoms with Crippen molar-refractivity contribution in [3.05, 3.63) is 170 Å². The number of nitro groups is 1. The van der Waals surface area contributed by atoms with Crippen molar-refractivity contribution in [1.82, 2.24) is 10.0 Å². The van der Waals surface area contributed by atoms with Crippen LogP contribution in [0.3, 0.4) is 0 Å². The summed E-state index contributed by atoms with van der Waals surface area (Å²) in [6, 6.07) is 33.6. The summed E-state index contributed by atoms with van der Waals surface area (Å²) >= 11 is 6.44. The molecule has 0 saturated carbocycles. The third kappa shape index (κ3) is 4.95. The number of nitrogens with zero attached hydrogens (tertiary/aromatic N) is 3. The molecule has 0 spiro atoms. The highest BCUT2D eigenvalue weighted by Gasteiger charge is 2.63. The lowest BCUT2D eigenvalue weighted by molar-refractivity contribution is -0.384. The van der Waals surface area contributed by atoms with Crippen LogP contribution < -0.4 is 4.74 Å². The lowest BCUT2D eigenvalue weighted by Crippen LogP contribution is -2.52. The predicted molar refractivity (Wildman–Crippen MR) is 182 cm³/mol. The fourth-order valence-corrected chi connectivity index (χ4v) is 7.83. The van der Waals surface area contributed by atoms with E-state index in [0.29, 0.717) is 11.5 Å². The summed E-state index contributed by atoms with van der Waals surface area (Å²) in [4.78, 5) is 67.6. The monoisotopic (exact) mass is 683 g/mol. The Hall–Kier alpha value is -6.13. The summed E-state index contributed by atoms with van der Waals surface area (Å²) in [5.41, 5.74) is 4.10. The van der Waals surface area contributed by atoms with Gasteiger partial charge in [-0.15, -0.1) is 0 Å². The number of hydrogen-bond donors (Lipinski definition) is 0. The molecule has 4 aliphatic rings. The van der Waals surface area contributed by atoms with Gasteiger partial charge in [0.25, 0.3) is 23.4 Å². The number of benzene rings is 5. The minimum atomic E-state index is -0.759. The van der Waals surface area contributed by atoms with Crippen molar-refractivity contribution in [1.29, 1.82) is 0 Å². The summed E-state index contributed by atoms with van der Waals surface area (Å²) in [5.74, 6) is -3.96. The number of imide groups is 1. The van der Waals surface area contributed by atoms with Crippen molar-refractivity contribution in [2.24, 2.45) is 11.8 Å². The molecular formula is C39H26ClN3O7. The van der Waals surface area contributed by atoms with Crippen LogP contribution in [0.15, 0.2) is 121 Å². The van der Waals surface area contributed by atoms with Crippen LogP contribution in [0.4, 0.5) is 5.69 Å². The molecule has 1 fully saturated rings. The number of hydrogen-bond acceptors (Lipinski definition) is 7. The van der Waals surface area contributed by atoms with E-state index in [-0.39, 0.29) is 21.8 Å². The van der Waals surface area contributed by atoms with Crippen LogP contribution in [-0.4, -0.2) is 45.0 Å². The van der Waals surface area contributed by atoms with Gasteiger partial charge in [-0.1, -0.05) is 72.3 Å². The molecular weight excluding hydrogens is 658 g/mol. The van der Waals surface area contributed by atoms with Crippen molar-refractivity contribution >= 4 is 40.8 Å². The standard InChI is InChI=1S/C39H26ClN3O7/c40-31-12-6-5-11-30(31)37(45)41(21-32(44)22-13-17-24(18-14-22)50-25-19-15-23(16-20-25)43(48)49)42-38(46)35-33-26-7-1-2-8-27(26)34(36(35)39(42)47)29-10-4-3-9-28(29)33/h1-20,33-36H,21H2/t33?,34?,35-,36+. The minimum Gasteiger partial charge on any atom is -0.457 e. The third-order valence-electron chi connectivity index (χ3n) is 9.76. The summed E-state index contributed by atoms with van der Waals surface area (Å²) in [6.45, 7) is -0.612. The second-order valence-corrected chi connectivity index (χ2v) is 12.8. The van der Waals surface area contributed by atoms with E-state index in [1.807, 2.05) is 48.5 Å². The number of rotatable bonds is 8. The van der Waals surface area contributed by atoms with Gasteiger partial charge in [-0.25, -0.2) is 5.01 Å². The number of Topliss-reactive ketones (excluding diaryl/α,β-unsaturated/α-hetero) is 1. The highest BCUT2D eigenvalue weighted by molar-refractivity contribution is 6.34. The van der Waals surface area contributed by atoms with Gasteiger partial charge in [-0.3, -0.25) is 29.3 Å². The number of halogens is 1. The summed E-state index contributed by atoms with van der Waals surface area (Å²) in [5, 5.41) is 12.9.